The number of nitrogens with zero attached hydrogens (tertiary/aromatic N) is 5. The third-order valence-corrected chi connectivity index (χ3v) is 12.1. The van der Waals surface area contributed by atoms with Crippen molar-refractivity contribution < 1.29 is 22.6 Å². The predicted molar refractivity (Wildman–Crippen MR) is 183 cm³/mol. The Kier molecular flexibility index (Phi) is 7.13. The molecular weight excluding hydrogens is 673 g/mol. The number of aromatic nitrogens is 2. The van der Waals surface area contributed by atoms with Crippen LogP contribution < -0.4 is 20.1 Å². The highest BCUT2D eigenvalue weighted by molar-refractivity contribution is 7.23. The summed E-state index contributed by atoms with van der Waals surface area (Å²) in [5.74, 6) is -0.542. The third kappa shape index (κ3) is 4.66. The van der Waals surface area contributed by atoms with E-state index < -0.39 is 23.3 Å². The van der Waals surface area contributed by atoms with Gasteiger partial charge in [0.15, 0.2) is 11.6 Å². The Labute approximate surface area is 288 Å². The lowest BCUT2D eigenvalue weighted by molar-refractivity contribution is 0.107. The van der Waals surface area contributed by atoms with Gasteiger partial charge in [0.2, 0.25) is 0 Å². The van der Waals surface area contributed by atoms with Crippen molar-refractivity contribution in [3.05, 3.63) is 70.2 Å². The van der Waals surface area contributed by atoms with Gasteiger partial charge in [-0.05, 0) is 43.0 Å². The smallest absolute Gasteiger partial charge is 0.319 e. The Morgan fingerprint density at radius 2 is 1.98 bits per heavy atom. The highest BCUT2D eigenvalue weighted by Gasteiger charge is 2.49. The molecule has 8 nitrogen and oxygen atoms in total. The fraction of sp³-hybridized carbons (Fsp3) is 0.361. The Morgan fingerprint density at radius 3 is 2.80 bits per heavy atom. The van der Waals surface area contributed by atoms with E-state index in [4.69, 9.17) is 31.8 Å². The molecule has 49 heavy (non-hydrogen) atoms. The minimum Gasteiger partial charge on any atom is -0.489 e. The molecule has 6 heterocycles. The Balaban J connectivity index is 1.24. The van der Waals surface area contributed by atoms with Crippen molar-refractivity contribution in [2.45, 2.75) is 49.4 Å². The Morgan fingerprint density at radius 1 is 1.14 bits per heavy atom. The summed E-state index contributed by atoms with van der Waals surface area (Å²) in [6, 6.07) is 14.7. The second kappa shape index (κ2) is 11.4. The number of nitrogen functional groups attached to an aromatic ring is 1. The molecule has 0 spiro atoms. The molecule has 2 unspecified atom stereocenters. The third-order valence-electron chi connectivity index (χ3n) is 10.8. The number of benzene rings is 3. The number of alkyl halides is 1. The molecule has 2 N–H and O–H groups in total. The van der Waals surface area contributed by atoms with Gasteiger partial charge in [0, 0.05) is 36.4 Å². The maximum Gasteiger partial charge on any atom is 0.319 e. The molecule has 4 atom stereocenters. The lowest BCUT2D eigenvalue weighted by atomic mass is 9.95. The van der Waals surface area contributed by atoms with Crippen molar-refractivity contribution in [2.75, 3.05) is 43.5 Å². The van der Waals surface area contributed by atoms with Crippen LogP contribution in [0.25, 0.3) is 32.1 Å². The SMILES string of the molecule is N#Cc1c(N)sc2c(F)ccc(-c3c(Cl)c4c5c(nc(OC[C@@]67CCCN6C[C@H](F)C7)nc5c3F)N3CC(c5ccccc5)CC3CO4)c12. The number of hydrogen-bond acceptors (Lipinski definition) is 9. The van der Waals surface area contributed by atoms with Crippen LogP contribution in [-0.2, 0) is 0 Å². The topological polar surface area (TPSA) is 101 Å². The van der Waals surface area contributed by atoms with Gasteiger partial charge in [-0.25, -0.2) is 13.2 Å². The maximum absolute atomic E-state index is 17.2. The molecule has 0 aliphatic carbocycles. The van der Waals surface area contributed by atoms with E-state index in [-0.39, 0.29) is 79.3 Å². The van der Waals surface area contributed by atoms with Gasteiger partial charge < -0.3 is 20.1 Å². The average molecular weight is 703 g/mol. The predicted octanol–water partition coefficient (Wildman–Crippen LogP) is 7.61. The fourth-order valence-corrected chi connectivity index (χ4v) is 9.80. The largest absolute Gasteiger partial charge is 0.489 e. The van der Waals surface area contributed by atoms with Crippen molar-refractivity contribution in [3.8, 4) is 29.0 Å². The van der Waals surface area contributed by atoms with E-state index in [0.717, 1.165) is 37.1 Å². The fourth-order valence-electron chi connectivity index (χ4n) is 8.52. The van der Waals surface area contributed by atoms with E-state index in [1.165, 1.54) is 17.7 Å². The maximum atomic E-state index is 17.2. The van der Waals surface area contributed by atoms with Crippen LogP contribution in [0, 0.1) is 23.0 Å². The van der Waals surface area contributed by atoms with Crippen LogP contribution in [0.15, 0.2) is 42.5 Å². The summed E-state index contributed by atoms with van der Waals surface area (Å²) in [5.41, 5.74) is 6.91. The first-order chi connectivity index (χ1) is 23.8. The van der Waals surface area contributed by atoms with Crippen molar-refractivity contribution >= 4 is 54.7 Å². The van der Waals surface area contributed by atoms with Gasteiger partial charge in [-0.1, -0.05) is 48.0 Å². The van der Waals surface area contributed by atoms with Crippen molar-refractivity contribution in [1.29, 1.82) is 5.26 Å². The first-order valence-corrected chi connectivity index (χ1v) is 17.6. The minimum atomic E-state index is -0.940. The lowest BCUT2D eigenvalue weighted by Crippen LogP contribution is -2.43. The molecule has 4 aliphatic heterocycles. The van der Waals surface area contributed by atoms with Crippen LogP contribution in [0.2, 0.25) is 5.02 Å². The number of anilines is 2. The number of nitriles is 1. The van der Waals surface area contributed by atoms with E-state index >= 15 is 8.78 Å². The van der Waals surface area contributed by atoms with Gasteiger partial charge in [-0.15, -0.1) is 11.3 Å². The molecule has 2 aromatic heterocycles. The van der Waals surface area contributed by atoms with E-state index in [1.807, 2.05) is 24.3 Å². The number of halogens is 4. The minimum absolute atomic E-state index is 0.0327. The molecule has 4 aliphatic rings. The number of rotatable bonds is 5. The Bertz CT molecular complexity index is 2210. The summed E-state index contributed by atoms with van der Waals surface area (Å²) in [5, 5.41) is 10.5. The summed E-state index contributed by atoms with van der Waals surface area (Å²) in [4.78, 5) is 13.8. The second-order valence-corrected chi connectivity index (χ2v) is 14.9. The van der Waals surface area contributed by atoms with Crippen LogP contribution in [-0.4, -0.2) is 65.5 Å². The van der Waals surface area contributed by atoms with Crippen LogP contribution in [0.4, 0.5) is 24.0 Å². The van der Waals surface area contributed by atoms with Crippen LogP contribution in [0.3, 0.4) is 0 Å². The van der Waals surface area contributed by atoms with Gasteiger partial charge in [0.1, 0.15) is 47.6 Å². The second-order valence-electron chi connectivity index (χ2n) is 13.5. The van der Waals surface area contributed by atoms with Gasteiger partial charge in [-0.2, -0.15) is 15.2 Å². The monoisotopic (exact) mass is 702 g/mol. The van der Waals surface area contributed by atoms with Crippen molar-refractivity contribution in [2.24, 2.45) is 0 Å². The molecule has 5 aromatic rings. The van der Waals surface area contributed by atoms with E-state index in [2.05, 4.69) is 26.9 Å². The highest BCUT2D eigenvalue weighted by Crippen LogP contribution is 2.52. The van der Waals surface area contributed by atoms with Gasteiger partial charge in [-0.3, -0.25) is 4.90 Å². The van der Waals surface area contributed by atoms with E-state index in [1.54, 1.807) is 0 Å². The molecule has 0 bridgehead atoms. The number of fused-ring (bicyclic) bond motifs is 4. The van der Waals surface area contributed by atoms with Crippen LogP contribution >= 0.6 is 22.9 Å². The summed E-state index contributed by atoms with van der Waals surface area (Å²) in [7, 11) is 0. The standard InChI is InChI=1S/C36H30ClF3N6O2S/c37-28-26(22-7-8-24(39)32-25(22)23(13-41)33(42)49-32)29(40)30-27-31(28)47-16-21-11-19(18-5-2-1-3-6-18)14-46(21)34(27)44-35(43-30)48-17-36-9-4-10-45(36)15-20(38)12-36/h1-3,5-8,19-21H,4,9-12,14-17,42H2/t19?,20-,21?,36+/m1/s1. The molecule has 0 amide bonds. The quantitative estimate of drug-likeness (QED) is 0.200. The number of nitrogens with two attached hydrogens (primary N) is 1. The first-order valence-electron chi connectivity index (χ1n) is 16.4. The molecule has 0 radical (unpaired) electrons. The lowest BCUT2D eigenvalue weighted by Gasteiger charge is -2.31. The van der Waals surface area contributed by atoms with E-state index in [0.29, 0.717) is 30.7 Å². The first kappa shape index (κ1) is 30.7. The van der Waals surface area contributed by atoms with Crippen LogP contribution in [0.1, 0.15) is 42.7 Å². The zero-order chi connectivity index (χ0) is 33.6. The summed E-state index contributed by atoms with van der Waals surface area (Å²) in [6.45, 7) is 2.18. The molecule has 3 aromatic carbocycles. The van der Waals surface area contributed by atoms with Crippen molar-refractivity contribution in [1.82, 2.24) is 14.9 Å². The highest BCUT2D eigenvalue weighted by atomic mass is 35.5. The molecule has 250 valence electrons. The average Bonchev–Trinajstić information content (AvgIpc) is 3.84. The zero-order valence-electron chi connectivity index (χ0n) is 26.2. The van der Waals surface area contributed by atoms with Gasteiger partial charge >= 0.3 is 6.01 Å². The number of hydrogen-bond donors (Lipinski definition) is 1. The van der Waals surface area contributed by atoms with Crippen molar-refractivity contribution in [3.63, 3.8) is 0 Å². The molecular formula is C36H30ClF3N6O2S. The number of ether oxygens (including phenoxy) is 2. The van der Waals surface area contributed by atoms with Gasteiger partial charge in [0.25, 0.3) is 0 Å². The summed E-state index contributed by atoms with van der Waals surface area (Å²) in [6.07, 6.45) is 1.92. The zero-order valence-corrected chi connectivity index (χ0v) is 27.8. The Hall–Kier alpha value is -4.31. The normalized spacial score (nSPS) is 24.6. The van der Waals surface area contributed by atoms with E-state index in [9.17, 15) is 9.65 Å². The van der Waals surface area contributed by atoms with Gasteiger partial charge in [0.05, 0.1) is 32.3 Å². The molecule has 0 saturated carbocycles. The van der Waals surface area contributed by atoms with Crippen LogP contribution in [0.5, 0.6) is 11.8 Å². The molecule has 13 heteroatoms. The summed E-state index contributed by atoms with van der Waals surface area (Å²) < 4.78 is 59.7. The molecule has 3 fully saturated rings. The molecule has 3 saturated heterocycles. The molecule has 9 rings (SSSR count). The number of thiophene rings is 1. The summed E-state index contributed by atoms with van der Waals surface area (Å²) >= 11 is 7.99.